The zero-order valence-corrected chi connectivity index (χ0v) is 17.4. The van der Waals surface area contributed by atoms with Crippen LogP contribution in [0.1, 0.15) is 50.2 Å². The predicted molar refractivity (Wildman–Crippen MR) is 111 cm³/mol. The molecule has 0 saturated heterocycles. The number of nitrogens with zero attached hydrogens (tertiary/aromatic N) is 4. The molecule has 1 aliphatic heterocycles. The largest absolute Gasteiger partial charge is 0.319 e. The highest BCUT2D eigenvalue weighted by Crippen LogP contribution is 2.24. The summed E-state index contributed by atoms with van der Waals surface area (Å²) in [6, 6.07) is 13.1. The molecule has 1 unspecified atom stereocenters. The lowest BCUT2D eigenvalue weighted by Gasteiger charge is -2.32. The Hall–Kier alpha value is -2.93. The van der Waals surface area contributed by atoms with Crippen LogP contribution >= 0.6 is 0 Å². The van der Waals surface area contributed by atoms with Crippen molar-refractivity contribution in [1.82, 2.24) is 20.2 Å². The van der Waals surface area contributed by atoms with Gasteiger partial charge < -0.3 is 4.90 Å². The summed E-state index contributed by atoms with van der Waals surface area (Å²) in [5, 5.41) is 12.5. The molecule has 0 bridgehead atoms. The molecule has 30 heavy (non-hydrogen) atoms. The van der Waals surface area contributed by atoms with E-state index in [9.17, 15) is 8.78 Å². The van der Waals surface area contributed by atoms with Gasteiger partial charge in [-0.2, -0.15) is 0 Å². The van der Waals surface area contributed by atoms with Crippen LogP contribution in [0, 0.1) is 11.6 Å². The van der Waals surface area contributed by atoms with Crippen LogP contribution < -0.4 is 4.90 Å². The lowest BCUT2D eigenvalue weighted by molar-refractivity contribution is -0.921. The highest BCUT2D eigenvalue weighted by Gasteiger charge is 2.35. The van der Waals surface area contributed by atoms with E-state index in [1.807, 2.05) is 28.9 Å². The summed E-state index contributed by atoms with van der Waals surface area (Å²) >= 11 is 0. The van der Waals surface area contributed by atoms with Crippen LogP contribution in [0.4, 0.5) is 8.78 Å². The normalized spacial score (nSPS) is 18.2. The maximum atomic E-state index is 13.6. The molecule has 2 atom stereocenters. The van der Waals surface area contributed by atoms with Crippen molar-refractivity contribution in [3.8, 4) is 0 Å². The van der Waals surface area contributed by atoms with Gasteiger partial charge in [-0.3, -0.25) is 0 Å². The second kappa shape index (κ2) is 8.07. The standard InChI is InChI=1S/C23H25F2N5/c1-23(2,3)30-22(26-27-28-30)21(18-6-10-20(25)11-7-18)29-14-12-17(13-15-29)16-4-8-19(24)9-5-16/h4-12,21H,13-15H2,1-3H3/p+1/t21-/m1/s1. The maximum absolute atomic E-state index is 13.6. The molecular formula is C23H26F2N5+. The van der Waals surface area contributed by atoms with E-state index in [2.05, 4.69) is 42.4 Å². The number of quaternary nitrogens is 1. The van der Waals surface area contributed by atoms with Crippen molar-refractivity contribution in [3.63, 3.8) is 0 Å². The average Bonchev–Trinajstić information content (AvgIpc) is 3.21. The topological polar surface area (TPSA) is 48.0 Å². The number of benzene rings is 2. The number of halogens is 2. The smallest absolute Gasteiger partial charge is 0.214 e. The zero-order valence-electron chi connectivity index (χ0n) is 17.4. The fourth-order valence-electron chi connectivity index (χ4n) is 4.02. The van der Waals surface area contributed by atoms with Crippen LogP contribution in [0.2, 0.25) is 0 Å². The molecule has 0 radical (unpaired) electrons. The summed E-state index contributed by atoms with van der Waals surface area (Å²) in [6.45, 7) is 7.82. The summed E-state index contributed by atoms with van der Waals surface area (Å²) in [7, 11) is 0. The third-order valence-electron chi connectivity index (χ3n) is 5.54. The van der Waals surface area contributed by atoms with E-state index in [0.717, 1.165) is 36.5 Å². The molecule has 0 fully saturated rings. The van der Waals surface area contributed by atoms with Gasteiger partial charge in [0.2, 0.25) is 5.82 Å². The van der Waals surface area contributed by atoms with Crippen LogP contribution in [-0.4, -0.2) is 33.3 Å². The fourth-order valence-corrected chi connectivity index (χ4v) is 4.02. The molecule has 0 spiro atoms. The maximum Gasteiger partial charge on any atom is 0.214 e. The van der Waals surface area contributed by atoms with Gasteiger partial charge in [0.15, 0.2) is 6.04 Å². The van der Waals surface area contributed by atoms with Gasteiger partial charge in [-0.15, -0.1) is 5.10 Å². The van der Waals surface area contributed by atoms with Crippen LogP contribution in [0.25, 0.3) is 5.57 Å². The molecule has 0 aliphatic carbocycles. The molecule has 1 N–H and O–H groups in total. The number of hydrogen-bond acceptors (Lipinski definition) is 3. The first-order valence-electron chi connectivity index (χ1n) is 10.2. The SMILES string of the molecule is CC(C)(C)n1nnnc1[C@@H](c1ccc(F)cc1)[NH+]1CC=C(c2ccc(F)cc2)CC1. The highest BCUT2D eigenvalue weighted by atomic mass is 19.1. The minimum Gasteiger partial charge on any atom is -0.319 e. The van der Waals surface area contributed by atoms with Gasteiger partial charge in [-0.1, -0.05) is 12.1 Å². The fraction of sp³-hybridized carbons (Fsp3) is 0.348. The molecule has 3 aromatic rings. The molecular weight excluding hydrogens is 384 g/mol. The van der Waals surface area contributed by atoms with Crippen LogP contribution in [0.3, 0.4) is 0 Å². The molecule has 0 saturated carbocycles. The summed E-state index contributed by atoms with van der Waals surface area (Å²) in [5.74, 6) is 0.274. The Labute approximate surface area is 175 Å². The van der Waals surface area contributed by atoms with Crippen molar-refractivity contribution in [2.24, 2.45) is 0 Å². The number of aromatic nitrogens is 4. The monoisotopic (exact) mass is 410 g/mol. The number of hydrogen-bond donors (Lipinski definition) is 1. The first-order chi connectivity index (χ1) is 14.3. The predicted octanol–water partition coefficient (Wildman–Crippen LogP) is 3.17. The van der Waals surface area contributed by atoms with Crippen LogP contribution in [0.15, 0.2) is 54.6 Å². The van der Waals surface area contributed by atoms with Gasteiger partial charge in [0.1, 0.15) is 11.6 Å². The van der Waals surface area contributed by atoms with Crippen molar-refractivity contribution in [3.05, 3.63) is 83.2 Å². The Balaban J connectivity index is 1.68. The van der Waals surface area contributed by atoms with Crippen molar-refractivity contribution in [1.29, 1.82) is 0 Å². The Morgan fingerprint density at radius 3 is 2.17 bits per heavy atom. The summed E-state index contributed by atoms with van der Waals surface area (Å²) < 4.78 is 28.7. The molecule has 1 aliphatic rings. The van der Waals surface area contributed by atoms with E-state index in [1.54, 1.807) is 0 Å². The van der Waals surface area contributed by atoms with E-state index in [4.69, 9.17) is 0 Å². The van der Waals surface area contributed by atoms with E-state index < -0.39 is 0 Å². The summed E-state index contributed by atoms with van der Waals surface area (Å²) in [6.07, 6.45) is 3.06. The average molecular weight is 410 g/mol. The van der Waals surface area contributed by atoms with Crippen molar-refractivity contribution < 1.29 is 13.7 Å². The van der Waals surface area contributed by atoms with Gasteiger partial charge in [0.05, 0.1) is 18.6 Å². The molecule has 4 rings (SSSR count). The van der Waals surface area contributed by atoms with Crippen molar-refractivity contribution >= 4 is 5.57 Å². The van der Waals surface area contributed by atoms with E-state index in [0.29, 0.717) is 0 Å². The lowest BCUT2D eigenvalue weighted by Crippen LogP contribution is -3.13. The van der Waals surface area contributed by atoms with E-state index in [-0.39, 0.29) is 23.2 Å². The molecule has 2 heterocycles. The number of nitrogens with one attached hydrogen (secondary N) is 1. The van der Waals surface area contributed by atoms with Crippen molar-refractivity contribution in [2.45, 2.75) is 38.8 Å². The molecule has 2 aromatic carbocycles. The summed E-state index contributed by atoms with van der Waals surface area (Å²) in [5.41, 5.74) is 2.97. The second-order valence-corrected chi connectivity index (χ2v) is 8.70. The molecule has 7 heteroatoms. The van der Waals surface area contributed by atoms with E-state index in [1.165, 1.54) is 34.7 Å². The van der Waals surface area contributed by atoms with Crippen LogP contribution in [0.5, 0.6) is 0 Å². The van der Waals surface area contributed by atoms with E-state index >= 15 is 0 Å². The van der Waals surface area contributed by atoms with Gasteiger partial charge in [0.25, 0.3) is 0 Å². The molecule has 1 aromatic heterocycles. The Morgan fingerprint density at radius 1 is 0.967 bits per heavy atom. The molecule has 156 valence electrons. The number of rotatable bonds is 4. The molecule has 5 nitrogen and oxygen atoms in total. The Bertz CT molecular complexity index is 1030. The summed E-state index contributed by atoms with van der Waals surface area (Å²) in [4.78, 5) is 1.28. The highest BCUT2D eigenvalue weighted by molar-refractivity contribution is 5.66. The first-order valence-corrected chi connectivity index (χ1v) is 10.2. The number of tetrazole rings is 1. The van der Waals surface area contributed by atoms with Gasteiger partial charge in [-0.25, -0.2) is 13.5 Å². The quantitative estimate of drug-likeness (QED) is 0.719. The first kappa shape index (κ1) is 20.3. The van der Waals surface area contributed by atoms with Gasteiger partial charge >= 0.3 is 0 Å². The second-order valence-electron chi connectivity index (χ2n) is 8.70. The third kappa shape index (κ3) is 4.16. The van der Waals surface area contributed by atoms with Gasteiger partial charge in [-0.05, 0) is 84.8 Å². The minimum absolute atomic E-state index is 0.120. The third-order valence-corrected chi connectivity index (χ3v) is 5.54. The minimum atomic E-state index is -0.276. The van der Waals surface area contributed by atoms with Crippen LogP contribution in [-0.2, 0) is 5.54 Å². The van der Waals surface area contributed by atoms with Gasteiger partial charge in [0, 0.05) is 12.0 Å². The lowest BCUT2D eigenvalue weighted by atomic mass is 9.96. The molecule has 0 amide bonds. The Morgan fingerprint density at radius 2 is 1.60 bits per heavy atom. The Kier molecular flexibility index (Phi) is 5.47. The van der Waals surface area contributed by atoms with Crippen molar-refractivity contribution in [2.75, 3.05) is 13.1 Å². The zero-order chi connectivity index (χ0) is 21.3.